The molecule has 0 bridgehead atoms. The maximum atomic E-state index is 8.06. The van der Waals surface area contributed by atoms with E-state index >= 15 is 0 Å². The average Bonchev–Trinajstić information content (AvgIpc) is 2.34. The molecular weight excluding hydrogens is 219 g/mol. The highest BCUT2D eigenvalue weighted by Gasteiger charge is 1.93. The first kappa shape index (κ1) is 14.9. The number of benzene rings is 1. The van der Waals surface area contributed by atoms with E-state index < -0.39 is 0 Å². The van der Waals surface area contributed by atoms with E-state index in [-0.39, 0.29) is 0 Å². The van der Waals surface area contributed by atoms with E-state index in [0.717, 1.165) is 24.3 Å². The molecule has 0 saturated heterocycles. The van der Waals surface area contributed by atoms with Crippen molar-refractivity contribution in [1.82, 2.24) is 0 Å². The summed E-state index contributed by atoms with van der Waals surface area (Å²) >= 11 is 5.76. The van der Waals surface area contributed by atoms with Gasteiger partial charge in [-0.2, -0.15) is 0 Å². The molecule has 0 fully saturated rings. The Bertz CT molecular complexity index is 323. The van der Waals surface area contributed by atoms with Crippen LogP contribution in [0, 0.1) is 0 Å². The molecule has 0 aromatic heterocycles. The van der Waals surface area contributed by atoms with Crippen LogP contribution in [0.4, 0.5) is 0 Å². The molecule has 0 unspecified atom stereocenters. The first-order valence-electron chi connectivity index (χ1n) is 4.91. The molecule has 6 heteroatoms. The Morgan fingerprint density at radius 3 is 2.38 bits per heavy atom. The highest BCUT2D eigenvalue weighted by molar-refractivity contribution is 6.75. The summed E-state index contributed by atoms with van der Waals surface area (Å²) in [6.45, 7) is 0.587. The van der Waals surface area contributed by atoms with Crippen LogP contribution < -0.4 is 0 Å². The van der Waals surface area contributed by atoms with Gasteiger partial charge in [-0.25, -0.2) is 0 Å². The van der Waals surface area contributed by atoms with Gasteiger partial charge in [-0.1, -0.05) is 28.8 Å². The van der Waals surface area contributed by atoms with Crippen LogP contribution >= 0.6 is 11.6 Å². The van der Waals surface area contributed by atoms with Crippen LogP contribution in [0.3, 0.4) is 0 Å². The van der Waals surface area contributed by atoms with Crippen LogP contribution in [0.25, 0.3) is 10.4 Å². The van der Waals surface area contributed by atoms with Crippen molar-refractivity contribution < 1.29 is 0 Å². The van der Waals surface area contributed by atoms with Gasteiger partial charge < -0.3 is 0 Å². The Morgan fingerprint density at radius 2 is 1.81 bits per heavy atom. The van der Waals surface area contributed by atoms with Gasteiger partial charge in [-0.15, -0.1) is 0 Å². The smallest absolute Gasteiger partial charge is 0.0406 e. The van der Waals surface area contributed by atoms with Crippen molar-refractivity contribution in [2.75, 3.05) is 6.54 Å². The Labute approximate surface area is 104 Å². The summed E-state index contributed by atoms with van der Waals surface area (Å²) in [4.78, 5) is 2.70. The van der Waals surface area contributed by atoms with E-state index in [4.69, 9.17) is 17.1 Å². The standard InChI is InChI=1S/C10H12ClN3.B2/c11-10-6-4-9(5-7-10)3-1-2-8-13-14-12;1-2/h4-7H,1-3,8H2;. The third kappa shape index (κ3) is 7.27. The predicted octanol–water partition coefficient (Wildman–Crippen LogP) is 3.21. The van der Waals surface area contributed by atoms with Crippen molar-refractivity contribution in [2.24, 2.45) is 5.11 Å². The molecule has 16 heavy (non-hydrogen) atoms. The normalized spacial score (nSPS) is 8.56. The predicted molar refractivity (Wildman–Crippen MR) is 69.9 cm³/mol. The molecule has 1 aromatic rings. The first-order valence-corrected chi connectivity index (χ1v) is 5.29. The number of rotatable bonds is 5. The molecule has 0 atom stereocenters. The second kappa shape index (κ2) is 10.5. The number of hydrogen-bond donors (Lipinski definition) is 0. The summed E-state index contributed by atoms with van der Waals surface area (Å²) in [6, 6.07) is 7.83. The van der Waals surface area contributed by atoms with Gasteiger partial charge >= 0.3 is 0 Å². The second-order valence-corrected chi connectivity index (χ2v) is 3.47. The Balaban J connectivity index is 0.00000106. The third-order valence-corrected chi connectivity index (χ3v) is 2.20. The SMILES string of the molecule is [B][B].[N-]=[N+]=NCCCCc1ccc(Cl)cc1. The topological polar surface area (TPSA) is 48.8 Å². The van der Waals surface area contributed by atoms with Gasteiger partial charge in [0.2, 0.25) is 0 Å². The van der Waals surface area contributed by atoms with E-state index in [1.54, 1.807) is 0 Å². The van der Waals surface area contributed by atoms with Gasteiger partial charge in [0.25, 0.3) is 0 Å². The highest BCUT2D eigenvalue weighted by Crippen LogP contribution is 2.11. The van der Waals surface area contributed by atoms with E-state index in [2.05, 4.69) is 25.5 Å². The molecule has 1 aromatic carbocycles. The van der Waals surface area contributed by atoms with Crippen LogP contribution in [-0.2, 0) is 6.42 Å². The summed E-state index contributed by atoms with van der Waals surface area (Å²) in [5.41, 5.74) is 9.33. The van der Waals surface area contributed by atoms with E-state index in [9.17, 15) is 0 Å². The zero-order valence-electron chi connectivity index (χ0n) is 9.01. The number of aryl methyl sites for hydroxylation is 1. The molecule has 0 aliphatic heterocycles. The fourth-order valence-corrected chi connectivity index (χ4v) is 1.33. The average molecular weight is 231 g/mol. The summed E-state index contributed by atoms with van der Waals surface area (Å²) in [5, 5.41) is 4.24. The van der Waals surface area contributed by atoms with Gasteiger partial charge in [0.05, 0.1) is 0 Å². The van der Waals surface area contributed by atoms with Crippen molar-refractivity contribution in [3.63, 3.8) is 0 Å². The quantitative estimate of drug-likeness (QED) is 0.246. The Morgan fingerprint density at radius 1 is 1.19 bits per heavy atom. The molecule has 0 aliphatic carbocycles. The van der Waals surface area contributed by atoms with Crippen LogP contribution in [0.5, 0.6) is 0 Å². The Kier molecular flexibility index (Phi) is 9.78. The zero-order chi connectivity index (χ0) is 12.2. The lowest BCUT2D eigenvalue weighted by molar-refractivity contribution is 0.742. The molecule has 3 nitrogen and oxygen atoms in total. The number of halogens is 1. The first-order chi connectivity index (χ1) is 7.83. The minimum Gasteiger partial charge on any atom is -0.0940 e. The zero-order valence-corrected chi connectivity index (χ0v) is 9.77. The fraction of sp³-hybridized carbons (Fsp3) is 0.400. The van der Waals surface area contributed by atoms with Gasteiger partial charge in [0.15, 0.2) is 0 Å². The molecule has 0 spiro atoms. The molecule has 80 valence electrons. The van der Waals surface area contributed by atoms with Gasteiger partial charge in [-0.3, -0.25) is 0 Å². The molecule has 0 saturated carbocycles. The molecule has 0 heterocycles. The second-order valence-electron chi connectivity index (χ2n) is 3.04. The number of unbranched alkanes of at least 4 members (excludes halogenated alkanes) is 1. The minimum absolute atomic E-state index is 0.587. The van der Waals surface area contributed by atoms with E-state index in [0.29, 0.717) is 6.54 Å². The van der Waals surface area contributed by atoms with E-state index in [1.807, 2.05) is 24.3 Å². The molecular formula is C10H12B2ClN3. The summed E-state index contributed by atoms with van der Waals surface area (Å²) in [5.74, 6) is 0. The van der Waals surface area contributed by atoms with Crippen molar-refractivity contribution in [3.8, 4) is 0 Å². The van der Waals surface area contributed by atoms with Crippen LogP contribution in [0.15, 0.2) is 29.4 Å². The lowest BCUT2D eigenvalue weighted by atomic mass is 9.81. The van der Waals surface area contributed by atoms with Crippen molar-refractivity contribution in [2.45, 2.75) is 19.3 Å². The van der Waals surface area contributed by atoms with Gasteiger partial charge in [0, 0.05) is 32.0 Å². The maximum absolute atomic E-state index is 8.06. The molecule has 1 rings (SSSR count). The van der Waals surface area contributed by atoms with Crippen LogP contribution in [0.2, 0.25) is 5.02 Å². The number of azide groups is 1. The molecule has 0 amide bonds. The highest BCUT2D eigenvalue weighted by atomic mass is 35.5. The summed E-state index contributed by atoms with van der Waals surface area (Å²) < 4.78 is 0. The monoisotopic (exact) mass is 231 g/mol. The minimum atomic E-state index is 0.587. The van der Waals surface area contributed by atoms with Crippen molar-refractivity contribution in [1.29, 1.82) is 0 Å². The summed E-state index contributed by atoms with van der Waals surface area (Å²) in [7, 11) is 8.00. The fourth-order valence-electron chi connectivity index (χ4n) is 1.21. The van der Waals surface area contributed by atoms with E-state index in [1.165, 1.54) is 5.56 Å². The van der Waals surface area contributed by atoms with Gasteiger partial charge in [0.1, 0.15) is 0 Å². The lowest BCUT2D eigenvalue weighted by Crippen LogP contribution is -1.86. The largest absolute Gasteiger partial charge is 0.0940 e. The number of nitrogens with zero attached hydrogens (tertiary/aromatic N) is 3. The lowest BCUT2D eigenvalue weighted by Gasteiger charge is -1.99. The van der Waals surface area contributed by atoms with Crippen molar-refractivity contribution in [3.05, 3.63) is 45.3 Å². The maximum Gasteiger partial charge on any atom is 0.0406 e. The van der Waals surface area contributed by atoms with Crippen LogP contribution in [-0.4, -0.2) is 22.0 Å². The molecule has 4 radical (unpaired) electrons. The van der Waals surface area contributed by atoms with Crippen LogP contribution in [0.1, 0.15) is 18.4 Å². The third-order valence-electron chi connectivity index (χ3n) is 1.95. The van der Waals surface area contributed by atoms with Crippen molar-refractivity contribution >= 4 is 27.1 Å². The number of hydrogen-bond acceptors (Lipinski definition) is 1. The summed E-state index contributed by atoms with van der Waals surface area (Å²) in [6.07, 6.45) is 2.99. The molecule has 0 N–H and O–H groups in total. The molecule has 0 aliphatic rings. The van der Waals surface area contributed by atoms with Gasteiger partial charge in [-0.05, 0) is 42.5 Å². The Hall–Kier alpha value is -1.05.